The Hall–Kier alpha value is -1.60. The summed E-state index contributed by atoms with van der Waals surface area (Å²) < 4.78 is 1.86. The van der Waals surface area contributed by atoms with Crippen molar-refractivity contribution in [3.63, 3.8) is 0 Å². The second-order valence-corrected chi connectivity index (χ2v) is 5.71. The number of aromatic nitrogens is 2. The third kappa shape index (κ3) is 2.94. The van der Waals surface area contributed by atoms with E-state index in [1.807, 2.05) is 41.6 Å². The van der Waals surface area contributed by atoms with Crippen LogP contribution in [0.2, 0.25) is 0 Å². The number of aliphatic hydroxyl groups is 1. The molecule has 2 heterocycles. The van der Waals surface area contributed by atoms with E-state index in [0.29, 0.717) is 12.4 Å². The van der Waals surface area contributed by atoms with Gasteiger partial charge in [-0.1, -0.05) is 0 Å². The quantitative estimate of drug-likeness (QED) is 0.841. The van der Waals surface area contributed by atoms with E-state index in [4.69, 9.17) is 0 Å². The van der Waals surface area contributed by atoms with Crippen LogP contribution in [0.25, 0.3) is 4.96 Å². The van der Waals surface area contributed by atoms with E-state index < -0.39 is 0 Å². The molecule has 0 radical (unpaired) electrons. The predicted molar refractivity (Wildman–Crippen MR) is 80.2 cm³/mol. The molecule has 0 aromatic carbocycles. The van der Waals surface area contributed by atoms with Crippen LogP contribution in [0.5, 0.6) is 0 Å². The number of thiazole rings is 1. The molecular formula is C13H20N4O2S. The maximum atomic E-state index is 11.9. The summed E-state index contributed by atoms with van der Waals surface area (Å²) in [6, 6.07) is 0.115. The molecule has 110 valence electrons. The minimum Gasteiger partial charge on any atom is -0.390 e. The molecule has 0 unspecified atom stereocenters. The number of rotatable bonds is 6. The minimum absolute atomic E-state index is 0.0397. The second-order valence-electron chi connectivity index (χ2n) is 4.83. The van der Waals surface area contributed by atoms with Crippen LogP contribution in [0, 0.1) is 0 Å². The highest BCUT2D eigenvalue weighted by Gasteiger charge is 2.19. The van der Waals surface area contributed by atoms with Crippen LogP contribution < -0.4 is 10.2 Å². The standard InChI is InChI=1S/C13H20N4O2S/c1-4-16(7-11(19)14-9(2)3)12-10(8-18)17-5-6-20-13(17)15-12/h5-6,9,18H,4,7-8H2,1-3H3,(H,14,19). The summed E-state index contributed by atoms with van der Waals surface area (Å²) >= 11 is 1.51. The molecule has 2 aromatic heterocycles. The van der Waals surface area contributed by atoms with Crippen molar-refractivity contribution in [3.8, 4) is 0 Å². The number of hydrogen-bond donors (Lipinski definition) is 2. The normalized spacial score (nSPS) is 11.2. The Morgan fingerprint density at radius 3 is 2.95 bits per heavy atom. The first kappa shape index (κ1) is 14.8. The van der Waals surface area contributed by atoms with Crippen LogP contribution in [0.1, 0.15) is 26.5 Å². The first-order valence-corrected chi connectivity index (χ1v) is 7.54. The van der Waals surface area contributed by atoms with Crippen LogP contribution in [0.4, 0.5) is 5.82 Å². The molecule has 0 aliphatic carbocycles. The Kier molecular flexibility index (Phi) is 4.61. The van der Waals surface area contributed by atoms with Crippen molar-refractivity contribution < 1.29 is 9.90 Å². The average molecular weight is 296 g/mol. The van der Waals surface area contributed by atoms with E-state index in [0.717, 1.165) is 10.7 Å². The lowest BCUT2D eigenvalue weighted by Crippen LogP contribution is -2.40. The van der Waals surface area contributed by atoms with Gasteiger partial charge in [-0.15, -0.1) is 11.3 Å². The first-order valence-electron chi connectivity index (χ1n) is 6.66. The van der Waals surface area contributed by atoms with Crippen molar-refractivity contribution in [2.24, 2.45) is 0 Å². The number of carbonyl (C=O) groups is 1. The smallest absolute Gasteiger partial charge is 0.239 e. The number of imidazole rings is 1. The molecule has 2 rings (SSSR count). The fourth-order valence-corrected chi connectivity index (χ4v) is 2.83. The van der Waals surface area contributed by atoms with Gasteiger partial charge in [0.15, 0.2) is 10.8 Å². The number of amides is 1. The highest BCUT2D eigenvalue weighted by atomic mass is 32.1. The number of hydrogen-bond acceptors (Lipinski definition) is 5. The summed E-state index contributed by atoms with van der Waals surface area (Å²) in [4.78, 5) is 19.1. The van der Waals surface area contributed by atoms with Gasteiger partial charge in [-0.3, -0.25) is 9.20 Å². The molecule has 2 N–H and O–H groups in total. The van der Waals surface area contributed by atoms with Gasteiger partial charge in [0, 0.05) is 24.2 Å². The van der Waals surface area contributed by atoms with Crippen LogP contribution >= 0.6 is 11.3 Å². The van der Waals surface area contributed by atoms with Crippen molar-refractivity contribution >= 4 is 28.0 Å². The van der Waals surface area contributed by atoms with Gasteiger partial charge < -0.3 is 15.3 Å². The molecular weight excluding hydrogens is 276 g/mol. The largest absolute Gasteiger partial charge is 0.390 e. The molecule has 0 aliphatic rings. The number of aliphatic hydroxyl groups excluding tert-OH is 1. The SMILES string of the molecule is CCN(CC(=O)NC(C)C)c1nc2sccn2c1CO. The lowest BCUT2D eigenvalue weighted by atomic mass is 10.3. The predicted octanol–water partition coefficient (Wildman–Crippen LogP) is 1.24. The van der Waals surface area contributed by atoms with Crippen molar-refractivity contribution in [1.82, 2.24) is 14.7 Å². The zero-order valence-electron chi connectivity index (χ0n) is 12.0. The van der Waals surface area contributed by atoms with Crippen LogP contribution in [-0.2, 0) is 11.4 Å². The third-order valence-electron chi connectivity index (χ3n) is 2.96. The van der Waals surface area contributed by atoms with Gasteiger partial charge in [-0.25, -0.2) is 4.98 Å². The molecule has 0 spiro atoms. The Balaban J connectivity index is 2.24. The molecule has 0 atom stereocenters. The van der Waals surface area contributed by atoms with Crippen LogP contribution in [0.15, 0.2) is 11.6 Å². The van der Waals surface area contributed by atoms with Gasteiger partial charge in [0.25, 0.3) is 0 Å². The van der Waals surface area contributed by atoms with Crippen molar-refractivity contribution in [3.05, 3.63) is 17.3 Å². The van der Waals surface area contributed by atoms with Crippen molar-refractivity contribution in [1.29, 1.82) is 0 Å². The molecule has 0 saturated carbocycles. The summed E-state index contributed by atoms with van der Waals surface area (Å²) in [5, 5.41) is 14.4. The number of carbonyl (C=O) groups excluding carboxylic acids is 1. The van der Waals surface area contributed by atoms with E-state index in [2.05, 4.69) is 10.3 Å². The van der Waals surface area contributed by atoms with Gasteiger partial charge in [0.1, 0.15) is 0 Å². The topological polar surface area (TPSA) is 69.9 Å². The summed E-state index contributed by atoms with van der Waals surface area (Å²) in [7, 11) is 0. The maximum Gasteiger partial charge on any atom is 0.239 e. The third-order valence-corrected chi connectivity index (χ3v) is 3.71. The number of fused-ring (bicyclic) bond motifs is 1. The number of likely N-dealkylation sites (N-methyl/N-ethyl adjacent to an activating group) is 1. The summed E-state index contributed by atoms with van der Waals surface area (Å²) in [5.74, 6) is 0.642. The molecule has 20 heavy (non-hydrogen) atoms. The molecule has 0 fully saturated rings. The molecule has 0 saturated heterocycles. The Morgan fingerprint density at radius 1 is 1.60 bits per heavy atom. The molecule has 1 amide bonds. The summed E-state index contributed by atoms with van der Waals surface area (Å²) in [6.07, 6.45) is 1.88. The van der Waals surface area contributed by atoms with Crippen molar-refractivity contribution in [2.75, 3.05) is 18.0 Å². The number of nitrogens with one attached hydrogen (secondary N) is 1. The maximum absolute atomic E-state index is 11.9. The number of anilines is 1. The van der Waals surface area contributed by atoms with Gasteiger partial charge in [-0.05, 0) is 20.8 Å². The molecule has 6 nitrogen and oxygen atoms in total. The second kappa shape index (κ2) is 6.23. The summed E-state index contributed by atoms with van der Waals surface area (Å²) in [5.41, 5.74) is 0.723. The Labute approximate surface area is 122 Å². The van der Waals surface area contributed by atoms with Crippen LogP contribution in [0.3, 0.4) is 0 Å². The highest BCUT2D eigenvalue weighted by Crippen LogP contribution is 2.24. The molecule has 7 heteroatoms. The minimum atomic E-state index is -0.102. The van der Waals surface area contributed by atoms with E-state index >= 15 is 0 Å². The first-order chi connectivity index (χ1) is 9.56. The molecule has 0 aliphatic heterocycles. The highest BCUT2D eigenvalue weighted by molar-refractivity contribution is 7.15. The van der Waals surface area contributed by atoms with Crippen molar-refractivity contribution in [2.45, 2.75) is 33.4 Å². The van der Waals surface area contributed by atoms with Gasteiger partial charge in [-0.2, -0.15) is 0 Å². The lowest BCUT2D eigenvalue weighted by Gasteiger charge is -2.21. The van der Waals surface area contributed by atoms with E-state index in [1.165, 1.54) is 11.3 Å². The van der Waals surface area contributed by atoms with Gasteiger partial charge in [0.2, 0.25) is 5.91 Å². The molecule has 0 bridgehead atoms. The monoisotopic (exact) mass is 296 g/mol. The van der Waals surface area contributed by atoms with E-state index in [9.17, 15) is 9.90 Å². The zero-order chi connectivity index (χ0) is 14.7. The molecule has 2 aromatic rings. The number of nitrogens with zero attached hydrogens (tertiary/aromatic N) is 3. The Morgan fingerprint density at radius 2 is 2.35 bits per heavy atom. The van der Waals surface area contributed by atoms with Crippen LogP contribution in [-0.4, -0.2) is 39.5 Å². The van der Waals surface area contributed by atoms with Gasteiger partial charge in [0.05, 0.1) is 18.8 Å². The zero-order valence-corrected chi connectivity index (χ0v) is 12.8. The fourth-order valence-electron chi connectivity index (χ4n) is 2.10. The summed E-state index contributed by atoms with van der Waals surface area (Å²) in [6.45, 7) is 6.63. The van der Waals surface area contributed by atoms with E-state index in [1.54, 1.807) is 0 Å². The van der Waals surface area contributed by atoms with E-state index in [-0.39, 0.29) is 25.1 Å². The fraction of sp³-hybridized carbons (Fsp3) is 0.538. The van der Waals surface area contributed by atoms with Gasteiger partial charge >= 0.3 is 0 Å². The lowest BCUT2D eigenvalue weighted by molar-refractivity contribution is -0.120. The Bertz CT molecular complexity index is 590. The average Bonchev–Trinajstić information content (AvgIpc) is 2.94.